The zero-order chi connectivity index (χ0) is 20.4. The summed E-state index contributed by atoms with van der Waals surface area (Å²) < 4.78 is 41.9. The van der Waals surface area contributed by atoms with Gasteiger partial charge in [-0.3, -0.25) is 9.47 Å². The molecule has 4 rings (SSSR count). The second kappa shape index (κ2) is 8.17. The van der Waals surface area contributed by atoms with E-state index >= 15 is 0 Å². The van der Waals surface area contributed by atoms with Crippen molar-refractivity contribution in [1.82, 2.24) is 23.7 Å². The quantitative estimate of drug-likeness (QED) is 0.616. The Morgan fingerprint density at radius 1 is 1.10 bits per heavy atom. The summed E-state index contributed by atoms with van der Waals surface area (Å²) in [4.78, 5) is 11.3. The number of rotatable bonds is 6. The van der Waals surface area contributed by atoms with Crippen LogP contribution in [0.2, 0.25) is 0 Å². The minimum absolute atomic E-state index is 0.189. The van der Waals surface area contributed by atoms with Crippen LogP contribution >= 0.6 is 0 Å². The number of benzene rings is 1. The monoisotopic (exact) mass is 417 g/mol. The van der Waals surface area contributed by atoms with Crippen LogP contribution in [0.1, 0.15) is 19.2 Å². The molecule has 0 aliphatic carbocycles. The van der Waals surface area contributed by atoms with Crippen molar-refractivity contribution >= 4 is 21.2 Å². The summed E-state index contributed by atoms with van der Waals surface area (Å²) in [5, 5.41) is 0. The molecule has 1 aromatic carbocycles. The molecule has 0 amide bonds. The SMILES string of the molecule is CCCS(=O)(=O)N1CCN(Cc2nc3cccnc3n2-c2cccc(F)c2)CC1. The van der Waals surface area contributed by atoms with E-state index in [1.165, 1.54) is 12.1 Å². The standard InChI is InChI=1S/C20H24FN5O2S/c1-2-13-29(27,28)25-11-9-24(10-12-25)15-19-23-18-7-4-8-22-20(18)26(19)17-6-3-5-16(21)14-17/h3-8,14H,2,9-13,15H2,1H3. The summed E-state index contributed by atoms with van der Waals surface area (Å²) >= 11 is 0. The third-order valence-corrected chi connectivity index (χ3v) is 7.18. The lowest BCUT2D eigenvalue weighted by Crippen LogP contribution is -2.49. The van der Waals surface area contributed by atoms with Crippen LogP contribution in [0.3, 0.4) is 0 Å². The van der Waals surface area contributed by atoms with Crippen molar-refractivity contribution in [2.75, 3.05) is 31.9 Å². The molecule has 0 N–H and O–H groups in total. The molecular formula is C20H24FN5O2S. The molecule has 0 radical (unpaired) electrons. The fourth-order valence-electron chi connectivity index (χ4n) is 3.70. The minimum Gasteiger partial charge on any atom is -0.293 e. The smallest absolute Gasteiger partial charge is 0.214 e. The number of fused-ring (bicyclic) bond motifs is 1. The summed E-state index contributed by atoms with van der Waals surface area (Å²) in [6.07, 6.45) is 2.31. The van der Waals surface area contributed by atoms with Gasteiger partial charge >= 0.3 is 0 Å². The molecule has 0 saturated carbocycles. The Bertz CT molecular complexity index is 1110. The molecule has 0 atom stereocenters. The molecule has 3 aromatic rings. The first kappa shape index (κ1) is 19.9. The molecule has 0 spiro atoms. The molecule has 1 aliphatic heterocycles. The number of pyridine rings is 1. The number of piperazine rings is 1. The van der Waals surface area contributed by atoms with E-state index in [2.05, 4.69) is 9.88 Å². The van der Waals surface area contributed by atoms with Crippen LogP contribution in [0.4, 0.5) is 4.39 Å². The summed E-state index contributed by atoms with van der Waals surface area (Å²) in [6.45, 7) is 4.61. The predicted octanol–water partition coefficient (Wildman–Crippen LogP) is 2.42. The van der Waals surface area contributed by atoms with Gasteiger partial charge in [-0.25, -0.2) is 22.8 Å². The number of hydrogen-bond acceptors (Lipinski definition) is 5. The number of halogens is 1. The number of nitrogens with zero attached hydrogens (tertiary/aromatic N) is 5. The Labute approximate surface area is 169 Å². The van der Waals surface area contributed by atoms with E-state index in [4.69, 9.17) is 4.98 Å². The van der Waals surface area contributed by atoms with E-state index in [0.29, 0.717) is 50.5 Å². The van der Waals surface area contributed by atoms with Crippen molar-refractivity contribution < 1.29 is 12.8 Å². The average Bonchev–Trinajstić information content (AvgIpc) is 3.06. The van der Waals surface area contributed by atoms with Crippen LogP contribution in [0.15, 0.2) is 42.6 Å². The van der Waals surface area contributed by atoms with Crippen molar-refractivity contribution in [3.63, 3.8) is 0 Å². The van der Waals surface area contributed by atoms with Crippen LogP contribution in [-0.4, -0.2) is 64.1 Å². The topological polar surface area (TPSA) is 71.3 Å². The van der Waals surface area contributed by atoms with E-state index < -0.39 is 10.0 Å². The molecule has 3 heterocycles. The van der Waals surface area contributed by atoms with Crippen LogP contribution in [0.25, 0.3) is 16.9 Å². The molecule has 1 fully saturated rings. The van der Waals surface area contributed by atoms with Gasteiger partial charge in [-0.1, -0.05) is 13.0 Å². The van der Waals surface area contributed by atoms with Crippen molar-refractivity contribution in [3.8, 4) is 5.69 Å². The van der Waals surface area contributed by atoms with Gasteiger partial charge in [-0.2, -0.15) is 4.31 Å². The molecular weight excluding hydrogens is 393 g/mol. The highest BCUT2D eigenvalue weighted by atomic mass is 32.2. The molecule has 0 bridgehead atoms. The molecule has 2 aromatic heterocycles. The summed E-state index contributed by atoms with van der Waals surface area (Å²) in [5.41, 5.74) is 2.10. The number of aromatic nitrogens is 3. The minimum atomic E-state index is -3.17. The van der Waals surface area contributed by atoms with Crippen LogP contribution in [-0.2, 0) is 16.6 Å². The van der Waals surface area contributed by atoms with Gasteiger partial charge < -0.3 is 0 Å². The van der Waals surface area contributed by atoms with Crippen molar-refractivity contribution in [2.45, 2.75) is 19.9 Å². The van der Waals surface area contributed by atoms with Gasteiger partial charge in [-0.15, -0.1) is 0 Å². The van der Waals surface area contributed by atoms with Crippen molar-refractivity contribution in [2.24, 2.45) is 0 Å². The van der Waals surface area contributed by atoms with Crippen molar-refractivity contribution in [1.29, 1.82) is 0 Å². The van der Waals surface area contributed by atoms with Gasteiger partial charge in [-0.05, 0) is 36.8 Å². The summed E-state index contributed by atoms with van der Waals surface area (Å²) in [7, 11) is -3.17. The van der Waals surface area contributed by atoms with E-state index in [-0.39, 0.29) is 11.6 Å². The Balaban J connectivity index is 1.59. The molecule has 1 saturated heterocycles. The van der Waals surface area contributed by atoms with E-state index in [1.54, 1.807) is 16.6 Å². The first-order valence-electron chi connectivity index (χ1n) is 9.76. The van der Waals surface area contributed by atoms with Gasteiger partial charge in [0.05, 0.1) is 18.0 Å². The third-order valence-electron chi connectivity index (χ3n) is 5.10. The second-order valence-electron chi connectivity index (χ2n) is 7.18. The predicted molar refractivity (Wildman–Crippen MR) is 110 cm³/mol. The van der Waals surface area contributed by atoms with Crippen LogP contribution in [0, 0.1) is 5.82 Å². The molecule has 0 unspecified atom stereocenters. The normalized spacial score (nSPS) is 16.5. The fraction of sp³-hybridized carbons (Fsp3) is 0.400. The molecule has 154 valence electrons. The largest absolute Gasteiger partial charge is 0.293 e. The zero-order valence-electron chi connectivity index (χ0n) is 16.3. The lowest BCUT2D eigenvalue weighted by atomic mass is 10.3. The molecule has 9 heteroatoms. The fourth-order valence-corrected chi connectivity index (χ4v) is 5.20. The Morgan fingerprint density at radius 3 is 2.62 bits per heavy atom. The maximum absolute atomic E-state index is 13.8. The van der Waals surface area contributed by atoms with E-state index in [9.17, 15) is 12.8 Å². The highest BCUT2D eigenvalue weighted by Gasteiger charge is 2.27. The van der Waals surface area contributed by atoms with Gasteiger partial charge in [0, 0.05) is 32.4 Å². The van der Waals surface area contributed by atoms with Crippen LogP contribution < -0.4 is 0 Å². The highest BCUT2D eigenvalue weighted by Crippen LogP contribution is 2.22. The van der Waals surface area contributed by atoms with Gasteiger partial charge in [0.25, 0.3) is 0 Å². The first-order chi connectivity index (χ1) is 14.0. The van der Waals surface area contributed by atoms with E-state index in [1.807, 2.05) is 29.7 Å². The number of sulfonamides is 1. The summed E-state index contributed by atoms with van der Waals surface area (Å²) in [6, 6.07) is 10.1. The average molecular weight is 418 g/mol. The van der Waals surface area contributed by atoms with Crippen molar-refractivity contribution in [3.05, 3.63) is 54.2 Å². The third kappa shape index (κ3) is 4.17. The maximum atomic E-state index is 13.8. The van der Waals surface area contributed by atoms with Crippen LogP contribution in [0.5, 0.6) is 0 Å². The van der Waals surface area contributed by atoms with Gasteiger partial charge in [0.2, 0.25) is 10.0 Å². The van der Waals surface area contributed by atoms with E-state index in [0.717, 1.165) is 11.3 Å². The maximum Gasteiger partial charge on any atom is 0.214 e. The molecule has 29 heavy (non-hydrogen) atoms. The number of imidazole rings is 1. The second-order valence-corrected chi connectivity index (χ2v) is 9.27. The lowest BCUT2D eigenvalue weighted by molar-refractivity contribution is 0.177. The molecule has 1 aliphatic rings. The summed E-state index contributed by atoms with van der Waals surface area (Å²) in [5.74, 6) is 0.628. The zero-order valence-corrected chi connectivity index (χ0v) is 17.1. The Morgan fingerprint density at radius 2 is 1.90 bits per heavy atom. The Kier molecular flexibility index (Phi) is 5.62. The van der Waals surface area contributed by atoms with Gasteiger partial charge in [0.1, 0.15) is 17.2 Å². The number of hydrogen-bond donors (Lipinski definition) is 0. The highest BCUT2D eigenvalue weighted by molar-refractivity contribution is 7.89. The first-order valence-corrected chi connectivity index (χ1v) is 11.4. The van der Waals surface area contributed by atoms with Gasteiger partial charge in [0.15, 0.2) is 5.65 Å². The lowest BCUT2D eigenvalue weighted by Gasteiger charge is -2.33. The Hall–Kier alpha value is -2.36. The molecule has 7 nitrogen and oxygen atoms in total.